The third-order valence-electron chi connectivity index (χ3n) is 3.83. The van der Waals surface area contributed by atoms with Crippen LogP contribution >= 0.6 is 0 Å². The number of piperidine rings is 1. The minimum atomic E-state index is -3.31. The van der Waals surface area contributed by atoms with Crippen molar-refractivity contribution in [1.29, 1.82) is 0 Å². The fourth-order valence-electron chi connectivity index (χ4n) is 2.83. The van der Waals surface area contributed by atoms with Gasteiger partial charge in [-0.3, -0.25) is 4.79 Å². The molecule has 0 aromatic rings. The van der Waals surface area contributed by atoms with E-state index < -0.39 is 23.8 Å². The number of carboxylic acid groups (broad SMARTS) is 1. The lowest BCUT2D eigenvalue weighted by Crippen LogP contribution is -2.56. The summed E-state index contributed by atoms with van der Waals surface area (Å²) in [6, 6.07) is 0. The monoisotopic (exact) mass is 289 g/mol. The fourth-order valence-corrected chi connectivity index (χ4v) is 2.83. The lowest BCUT2D eigenvalue weighted by atomic mass is 9.80. The molecule has 0 aromatic carbocycles. The van der Waals surface area contributed by atoms with Crippen LogP contribution in [0, 0.1) is 0 Å². The molecule has 1 rings (SSSR count). The Balaban J connectivity index is 3.26. The van der Waals surface area contributed by atoms with E-state index in [0.29, 0.717) is 0 Å². The Bertz CT molecular complexity index is 426. The van der Waals surface area contributed by atoms with Crippen molar-refractivity contribution in [2.45, 2.75) is 64.5 Å². The highest BCUT2D eigenvalue weighted by Gasteiger charge is 2.40. The summed E-state index contributed by atoms with van der Waals surface area (Å²) < 4.78 is 25.0. The van der Waals surface area contributed by atoms with Gasteiger partial charge >= 0.3 is 12.4 Å². The standard InChI is InChI=1S/C14H21F2NO3/c1-13(2)6-5-7-14(3,4)17(13)8-9(12(19)20)10(18)11(15)16/h8,11H,5-7H2,1-4H3,(H,19,20). The van der Waals surface area contributed by atoms with Crippen molar-refractivity contribution in [3.8, 4) is 0 Å². The summed E-state index contributed by atoms with van der Waals surface area (Å²) in [5, 5.41) is 9.01. The van der Waals surface area contributed by atoms with E-state index in [9.17, 15) is 18.4 Å². The van der Waals surface area contributed by atoms with E-state index in [4.69, 9.17) is 5.11 Å². The highest BCUT2D eigenvalue weighted by atomic mass is 19.3. The van der Waals surface area contributed by atoms with E-state index in [1.807, 2.05) is 27.7 Å². The third-order valence-corrected chi connectivity index (χ3v) is 3.83. The number of likely N-dealkylation sites (tertiary alicyclic amines) is 1. The van der Waals surface area contributed by atoms with E-state index in [0.717, 1.165) is 25.5 Å². The Labute approximate surface area is 117 Å². The molecule has 0 aliphatic carbocycles. The zero-order valence-corrected chi connectivity index (χ0v) is 12.2. The number of nitrogens with zero attached hydrogens (tertiary/aromatic N) is 1. The average molecular weight is 289 g/mol. The number of ketones is 1. The Morgan fingerprint density at radius 2 is 1.60 bits per heavy atom. The normalized spacial score (nSPS) is 21.9. The first-order valence-corrected chi connectivity index (χ1v) is 6.56. The van der Waals surface area contributed by atoms with Crippen LogP contribution in [0.2, 0.25) is 0 Å². The minimum Gasteiger partial charge on any atom is -0.478 e. The van der Waals surface area contributed by atoms with E-state index in [-0.39, 0.29) is 11.1 Å². The van der Waals surface area contributed by atoms with Gasteiger partial charge in [-0.15, -0.1) is 0 Å². The first-order valence-electron chi connectivity index (χ1n) is 6.56. The molecule has 1 saturated heterocycles. The molecule has 0 radical (unpaired) electrons. The second-order valence-corrected chi connectivity index (χ2v) is 6.36. The molecular weight excluding hydrogens is 268 g/mol. The van der Waals surface area contributed by atoms with Crippen LogP contribution in [0.4, 0.5) is 8.78 Å². The van der Waals surface area contributed by atoms with Gasteiger partial charge in [0.1, 0.15) is 5.57 Å². The second-order valence-electron chi connectivity index (χ2n) is 6.36. The Morgan fingerprint density at radius 1 is 1.15 bits per heavy atom. The second kappa shape index (κ2) is 5.50. The molecule has 1 N–H and O–H groups in total. The first-order chi connectivity index (χ1) is 8.99. The van der Waals surface area contributed by atoms with Crippen molar-refractivity contribution < 1.29 is 23.5 Å². The molecule has 0 unspecified atom stereocenters. The molecule has 1 heterocycles. The van der Waals surface area contributed by atoms with Crippen LogP contribution < -0.4 is 0 Å². The maximum Gasteiger partial charge on any atom is 0.341 e. The van der Waals surface area contributed by atoms with Gasteiger partial charge < -0.3 is 10.0 Å². The smallest absolute Gasteiger partial charge is 0.341 e. The first kappa shape index (κ1) is 16.6. The highest BCUT2D eigenvalue weighted by molar-refractivity contribution is 6.17. The molecule has 0 aromatic heterocycles. The van der Waals surface area contributed by atoms with Crippen LogP contribution in [0.3, 0.4) is 0 Å². The highest BCUT2D eigenvalue weighted by Crippen LogP contribution is 2.38. The van der Waals surface area contributed by atoms with E-state index in [2.05, 4.69) is 0 Å². The van der Waals surface area contributed by atoms with Gasteiger partial charge in [0.2, 0.25) is 5.78 Å². The van der Waals surface area contributed by atoms with Gasteiger partial charge in [0, 0.05) is 17.3 Å². The van der Waals surface area contributed by atoms with Crippen molar-refractivity contribution in [1.82, 2.24) is 4.90 Å². The molecule has 114 valence electrons. The number of alkyl halides is 2. The third kappa shape index (κ3) is 3.35. The molecule has 6 heteroatoms. The van der Waals surface area contributed by atoms with E-state index in [1.165, 1.54) is 0 Å². The fraction of sp³-hybridized carbons (Fsp3) is 0.714. The summed E-state index contributed by atoms with van der Waals surface area (Å²) in [5.74, 6) is -3.26. The Morgan fingerprint density at radius 3 is 1.95 bits per heavy atom. The maximum absolute atomic E-state index is 12.5. The van der Waals surface area contributed by atoms with Gasteiger partial charge in [-0.2, -0.15) is 0 Å². The molecule has 1 fully saturated rings. The number of carboxylic acids is 1. The predicted molar refractivity (Wildman–Crippen MR) is 70.6 cm³/mol. The lowest BCUT2D eigenvalue weighted by Gasteiger charge is -2.53. The number of hydrogen-bond donors (Lipinski definition) is 1. The van der Waals surface area contributed by atoms with Crippen LogP contribution in [-0.4, -0.2) is 39.3 Å². The molecule has 0 bridgehead atoms. The Kier molecular flexibility index (Phi) is 4.56. The number of hydrogen-bond acceptors (Lipinski definition) is 3. The van der Waals surface area contributed by atoms with Gasteiger partial charge in [-0.1, -0.05) is 0 Å². The zero-order valence-electron chi connectivity index (χ0n) is 12.2. The largest absolute Gasteiger partial charge is 0.478 e. The van der Waals surface area contributed by atoms with Gasteiger partial charge in [0.25, 0.3) is 0 Å². The predicted octanol–water partition coefficient (Wildman–Crippen LogP) is 2.83. The van der Waals surface area contributed by atoms with Crippen LogP contribution in [0.15, 0.2) is 11.8 Å². The van der Waals surface area contributed by atoms with Crippen LogP contribution in [0.5, 0.6) is 0 Å². The number of Topliss-reactive ketones (excluding diaryl/α,β-unsaturated/α-hetero) is 1. The topological polar surface area (TPSA) is 57.6 Å². The van der Waals surface area contributed by atoms with Gasteiger partial charge in [-0.25, -0.2) is 13.6 Å². The summed E-state index contributed by atoms with van der Waals surface area (Å²) >= 11 is 0. The maximum atomic E-state index is 12.5. The molecule has 0 spiro atoms. The number of rotatable bonds is 4. The van der Waals surface area contributed by atoms with Crippen molar-refractivity contribution in [3.63, 3.8) is 0 Å². The average Bonchev–Trinajstić information content (AvgIpc) is 2.25. The van der Waals surface area contributed by atoms with E-state index in [1.54, 1.807) is 4.90 Å². The van der Waals surface area contributed by atoms with Gasteiger partial charge in [0.15, 0.2) is 0 Å². The quantitative estimate of drug-likeness (QED) is 0.491. The molecular formula is C14H21F2NO3. The van der Waals surface area contributed by atoms with Crippen molar-refractivity contribution >= 4 is 11.8 Å². The van der Waals surface area contributed by atoms with Crippen molar-refractivity contribution in [3.05, 3.63) is 11.8 Å². The van der Waals surface area contributed by atoms with Crippen LogP contribution in [-0.2, 0) is 9.59 Å². The summed E-state index contributed by atoms with van der Waals surface area (Å²) in [4.78, 5) is 24.2. The van der Waals surface area contributed by atoms with Crippen molar-refractivity contribution in [2.75, 3.05) is 0 Å². The number of carbonyl (C=O) groups excluding carboxylic acids is 1. The summed E-state index contributed by atoms with van der Waals surface area (Å²) in [5.41, 5.74) is -1.63. The molecule has 0 saturated carbocycles. The molecule has 0 amide bonds. The van der Waals surface area contributed by atoms with E-state index >= 15 is 0 Å². The summed E-state index contributed by atoms with van der Waals surface area (Å²) in [7, 11) is 0. The molecule has 4 nitrogen and oxygen atoms in total. The molecule has 0 atom stereocenters. The lowest BCUT2D eigenvalue weighted by molar-refractivity contribution is -0.137. The van der Waals surface area contributed by atoms with Crippen LogP contribution in [0.1, 0.15) is 47.0 Å². The summed E-state index contributed by atoms with van der Waals surface area (Å²) in [6.45, 7) is 7.65. The molecule has 20 heavy (non-hydrogen) atoms. The van der Waals surface area contributed by atoms with Crippen molar-refractivity contribution in [2.24, 2.45) is 0 Å². The minimum absolute atomic E-state index is 0.384. The number of halogens is 2. The number of aliphatic carboxylic acids is 1. The Hall–Kier alpha value is -1.46. The SMILES string of the molecule is CC1(C)CCCC(C)(C)N1C=C(C(=O)O)C(=O)C(F)F. The number of carbonyl (C=O) groups is 2. The zero-order chi connectivity index (χ0) is 15.7. The van der Waals surface area contributed by atoms with Gasteiger partial charge in [-0.05, 0) is 47.0 Å². The van der Waals surface area contributed by atoms with Crippen LogP contribution in [0.25, 0.3) is 0 Å². The van der Waals surface area contributed by atoms with Gasteiger partial charge in [0.05, 0.1) is 0 Å². The molecule has 1 aliphatic heterocycles. The molecule has 1 aliphatic rings. The summed E-state index contributed by atoms with van der Waals surface area (Å²) in [6.07, 6.45) is 0.366.